The summed E-state index contributed by atoms with van der Waals surface area (Å²) in [5.74, 6) is 0. The van der Waals surface area contributed by atoms with E-state index < -0.39 is 0 Å². The van der Waals surface area contributed by atoms with Crippen LogP contribution in [0.3, 0.4) is 0 Å². The van der Waals surface area contributed by atoms with Crippen LogP contribution in [0.15, 0.2) is 24.3 Å². The first kappa shape index (κ1) is 8.05. The fraction of sp³-hybridized carbons (Fsp3) is 0.286. The van der Waals surface area contributed by atoms with Crippen molar-refractivity contribution in [3.8, 4) is 0 Å². The first-order valence-corrected chi connectivity index (χ1v) is 5.34. The molecule has 0 heterocycles. The third-order valence-electron chi connectivity index (χ3n) is 3.06. The van der Waals surface area contributed by atoms with E-state index in [9.17, 15) is 0 Å². The van der Waals surface area contributed by atoms with Gasteiger partial charge in [-0.2, -0.15) is 0 Å². The molecule has 2 aliphatic carbocycles. The Bertz CT molecular complexity index is 385. The van der Waals surface area contributed by atoms with E-state index in [1.165, 1.54) is 41.5 Å². The van der Waals surface area contributed by atoms with E-state index in [0.717, 1.165) is 6.42 Å². The normalized spacial score (nSPS) is 17.7. The molecule has 0 unspecified atom stereocenters. The standard InChI is InChI=1S/C14H13/c1-2-6-12-10-14-8-4-3-7-13(14)9-11(12)5-1/h1,3,5,9-10H,2,4,6,8H2. The molecule has 0 amide bonds. The van der Waals surface area contributed by atoms with Crippen LogP contribution in [0.5, 0.6) is 0 Å². The molecule has 0 aromatic heterocycles. The average Bonchev–Trinajstić information content (AvgIpc) is 2.26. The molecule has 2 aliphatic rings. The van der Waals surface area contributed by atoms with Crippen LogP contribution >= 0.6 is 0 Å². The molecule has 0 nitrogen and oxygen atoms in total. The van der Waals surface area contributed by atoms with Crippen molar-refractivity contribution in [3.63, 3.8) is 0 Å². The summed E-state index contributed by atoms with van der Waals surface area (Å²) in [5.41, 5.74) is 5.72. The molecule has 3 rings (SSSR count). The molecular formula is C14H13. The van der Waals surface area contributed by atoms with E-state index in [1.807, 2.05) is 0 Å². The maximum Gasteiger partial charge on any atom is -0.0143 e. The third kappa shape index (κ3) is 1.22. The summed E-state index contributed by atoms with van der Waals surface area (Å²) in [6.07, 6.45) is 14.8. The molecular weight excluding hydrogens is 168 g/mol. The molecule has 0 bridgehead atoms. The lowest BCUT2D eigenvalue weighted by Gasteiger charge is -2.16. The molecule has 0 fully saturated rings. The fourth-order valence-corrected chi connectivity index (χ4v) is 2.28. The molecule has 0 saturated carbocycles. The zero-order chi connectivity index (χ0) is 9.38. The Morgan fingerprint density at radius 3 is 2.93 bits per heavy atom. The molecule has 1 aromatic carbocycles. The van der Waals surface area contributed by atoms with Gasteiger partial charge in [-0.05, 0) is 60.1 Å². The summed E-state index contributed by atoms with van der Waals surface area (Å²) >= 11 is 0. The lowest BCUT2D eigenvalue weighted by Crippen LogP contribution is -2.01. The average molecular weight is 181 g/mol. The first-order valence-electron chi connectivity index (χ1n) is 5.34. The molecule has 14 heavy (non-hydrogen) atoms. The van der Waals surface area contributed by atoms with Crippen LogP contribution < -0.4 is 0 Å². The van der Waals surface area contributed by atoms with Gasteiger partial charge in [-0.25, -0.2) is 0 Å². The van der Waals surface area contributed by atoms with E-state index in [1.54, 1.807) is 0 Å². The van der Waals surface area contributed by atoms with Gasteiger partial charge in [0.1, 0.15) is 0 Å². The summed E-state index contributed by atoms with van der Waals surface area (Å²) in [6, 6.07) is 4.67. The van der Waals surface area contributed by atoms with Gasteiger partial charge in [0.15, 0.2) is 0 Å². The van der Waals surface area contributed by atoms with Crippen molar-refractivity contribution in [2.24, 2.45) is 0 Å². The highest BCUT2D eigenvalue weighted by atomic mass is 14.1. The molecule has 0 heteroatoms. The Morgan fingerprint density at radius 2 is 1.93 bits per heavy atom. The Labute approximate surface area is 85.0 Å². The highest BCUT2D eigenvalue weighted by Gasteiger charge is 2.10. The summed E-state index contributed by atoms with van der Waals surface area (Å²) in [4.78, 5) is 0. The Morgan fingerprint density at radius 1 is 1.00 bits per heavy atom. The number of aryl methyl sites for hydroxylation is 2. The smallest absolute Gasteiger partial charge is 0.0143 e. The van der Waals surface area contributed by atoms with Crippen molar-refractivity contribution < 1.29 is 0 Å². The van der Waals surface area contributed by atoms with Crippen molar-refractivity contribution in [2.75, 3.05) is 0 Å². The fourth-order valence-electron chi connectivity index (χ4n) is 2.28. The van der Waals surface area contributed by atoms with Gasteiger partial charge in [0.2, 0.25) is 0 Å². The van der Waals surface area contributed by atoms with Crippen molar-refractivity contribution >= 4 is 6.08 Å². The van der Waals surface area contributed by atoms with Crippen LogP contribution in [0.2, 0.25) is 0 Å². The molecule has 0 spiro atoms. The van der Waals surface area contributed by atoms with Gasteiger partial charge in [0.25, 0.3) is 0 Å². The highest BCUT2D eigenvalue weighted by molar-refractivity contribution is 5.60. The maximum absolute atomic E-state index is 3.35. The minimum absolute atomic E-state index is 1.15. The number of allylic oxidation sites excluding steroid dienone is 2. The van der Waals surface area contributed by atoms with Crippen LogP contribution in [-0.4, -0.2) is 0 Å². The van der Waals surface area contributed by atoms with Gasteiger partial charge < -0.3 is 0 Å². The van der Waals surface area contributed by atoms with Gasteiger partial charge in [0, 0.05) is 0 Å². The number of hydrogen-bond donors (Lipinski definition) is 0. The lowest BCUT2D eigenvalue weighted by molar-refractivity contribution is 0.933. The van der Waals surface area contributed by atoms with E-state index in [2.05, 4.69) is 36.4 Å². The van der Waals surface area contributed by atoms with Crippen LogP contribution in [0.4, 0.5) is 0 Å². The summed E-state index contributed by atoms with van der Waals surface area (Å²) in [5, 5.41) is 0. The van der Waals surface area contributed by atoms with Crippen molar-refractivity contribution in [2.45, 2.75) is 25.7 Å². The minimum atomic E-state index is 1.15. The van der Waals surface area contributed by atoms with Crippen molar-refractivity contribution in [1.82, 2.24) is 0 Å². The maximum atomic E-state index is 3.35. The van der Waals surface area contributed by atoms with Gasteiger partial charge in [0.05, 0.1) is 0 Å². The Kier molecular flexibility index (Phi) is 1.80. The summed E-state index contributed by atoms with van der Waals surface area (Å²) in [7, 11) is 0. The zero-order valence-electron chi connectivity index (χ0n) is 8.22. The summed E-state index contributed by atoms with van der Waals surface area (Å²) in [6.45, 7) is 0. The Balaban J connectivity index is 2.18. The zero-order valence-corrected chi connectivity index (χ0v) is 8.22. The molecule has 0 atom stereocenters. The van der Waals surface area contributed by atoms with Gasteiger partial charge in [-0.1, -0.05) is 24.3 Å². The largest absolute Gasteiger partial charge is 0.0836 e. The Hall–Kier alpha value is -1.30. The third-order valence-corrected chi connectivity index (χ3v) is 3.06. The van der Waals surface area contributed by atoms with Crippen LogP contribution in [-0.2, 0) is 12.8 Å². The monoisotopic (exact) mass is 181 g/mol. The van der Waals surface area contributed by atoms with Crippen LogP contribution in [0.25, 0.3) is 6.08 Å². The minimum Gasteiger partial charge on any atom is -0.0836 e. The molecule has 1 aromatic rings. The van der Waals surface area contributed by atoms with E-state index in [-0.39, 0.29) is 0 Å². The molecule has 0 N–H and O–H groups in total. The SMILES string of the molecule is [C]1=CCCc2cc3c(cc21)C=CCC3. The van der Waals surface area contributed by atoms with Crippen LogP contribution in [0.1, 0.15) is 35.1 Å². The second-order valence-corrected chi connectivity index (χ2v) is 4.04. The van der Waals surface area contributed by atoms with Gasteiger partial charge >= 0.3 is 0 Å². The van der Waals surface area contributed by atoms with Gasteiger partial charge in [-0.3, -0.25) is 0 Å². The lowest BCUT2D eigenvalue weighted by atomic mass is 9.88. The quantitative estimate of drug-likeness (QED) is 0.576. The second-order valence-electron chi connectivity index (χ2n) is 4.04. The number of rotatable bonds is 0. The van der Waals surface area contributed by atoms with Crippen LogP contribution in [0, 0.1) is 6.08 Å². The number of benzene rings is 1. The molecule has 1 radical (unpaired) electrons. The number of hydrogen-bond acceptors (Lipinski definition) is 0. The first-order chi connectivity index (χ1) is 6.93. The molecule has 69 valence electrons. The highest BCUT2D eigenvalue weighted by Crippen LogP contribution is 2.26. The second kappa shape index (κ2) is 3.13. The molecule has 0 aliphatic heterocycles. The van der Waals surface area contributed by atoms with E-state index >= 15 is 0 Å². The van der Waals surface area contributed by atoms with Crippen molar-refractivity contribution in [3.05, 3.63) is 52.6 Å². The van der Waals surface area contributed by atoms with E-state index in [0.29, 0.717) is 0 Å². The topological polar surface area (TPSA) is 0 Å². The van der Waals surface area contributed by atoms with Gasteiger partial charge in [-0.15, -0.1) is 0 Å². The summed E-state index contributed by atoms with van der Waals surface area (Å²) < 4.78 is 0. The predicted molar refractivity (Wildman–Crippen MR) is 59.0 cm³/mol. The number of fused-ring (bicyclic) bond motifs is 2. The molecule has 0 saturated heterocycles. The van der Waals surface area contributed by atoms with Crippen molar-refractivity contribution in [1.29, 1.82) is 0 Å². The van der Waals surface area contributed by atoms with E-state index in [4.69, 9.17) is 0 Å². The predicted octanol–water partition coefficient (Wildman–Crippen LogP) is 3.30.